The third kappa shape index (κ3) is 5.93. The lowest BCUT2D eigenvalue weighted by Crippen LogP contribution is -2.36. The van der Waals surface area contributed by atoms with Crippen LogP contribution in [-0.2, 0) is 17.9 Å². The molecule has 6 nitrogen and oxygen atoms in total. The number of unbranched alkanes of at least 4 members (excludes halogenated alkanes) is 2. The number of anilines is 1. The quantitative estimate of drug-likeness (QED) is 0.252. The molecule has 0 atom stereocenters. The largest absolute Gasteiger partial charge is 0.377 e. The van der Waals surface area contributed by atoms with Crippen LogP contribution in [0.15, 0.2) is 42.5 Å². The van der Waals surface area contributed by atoms with Gasteiger partial charge in [-0.15, -0.1) is 0 Å². The van der Waals surface area contributed by atoms with E-state index in [9.17, 15) is 4.79 Å². The monoisotopic (exact) mass is 422 g/mol. The molecule has 3 rings (SSSR count). The molecule has 0 bridgehead atoms. The number of amides is 1. The highest BCUT2D eigenvalue weighted by atomic mass is 16.1. The van der Waals surface area contributed by atoms with Crippen LogP contribution in [0.3, 0.4) is 0 Å². The molecule has 0 radical (unpaired) electrons. The van der Waals surface area contributed by atoms with Crippen LogP contribution in [0, 0.1) is 0 Å². The minimum atomic E-state index is 0.0982. The molecule has 0 unspecified atom stereocenters. The number of carbonyl (C=O) groups is 1. The van der Waals surface area contributed by atoms with Crippen LogP contribution in [0.2, 0.25) is 0 Å². The van der Waals surface area contributed by atoms with E-state index in [1.54, 1.807) is 0 Å². The topological polar surface area (TPSA) is 74.3 Å². The maximum Gasteiger partial charge on any atom is 0.220 e. The molecule has 0 saturated carbocycles. The van der Waals surface area contributed by atoms with Gasteiger partial charge in [0.05, 0.1) is 0 Å². The number of carbonyl (C=O) groups excluding carboxylic acids is 1. The number of nitrogens with zero attached hydrogens (tertiary/aromatic N) is 2. The zero-order chi connectivity index (χ0) is 22.2. The Bertz CT molecular complexity index is 1030. The molecule has 1 aromatic heterocycles. The first kappa shape index (κ1) is 23.0. The van der Waals surface area contributed by atoms with Gasteiger partial charge < -0.3 is 21.3 Å². The lowest BCUT2D eigenvalue weighted by atomic mass is 10.1. The molecular weight excluding hydrogens is 386 g/mol. The number of hydrogen-bond donors (Lipinski definition) is 3. The smallest absolute Gasteiger partial charge is 0.220 e. The summed E-state index contributed by atoms with van der Waals surface area (Å²) < 4.78 is 2.45. The summed E-state index contributed by atoms with van der Waals surface area (Å²) in [6.45, 7) is 2.82. The Kier molecular flexibility index (Phi) is 8.20. The van der Waals surface area contributed by atoms with Crippen molar-refractivity contribution in [2.45, 2.75) is 38.8 Å². The minimum Gasteiger partial charge on any atom is -0.377 e. The molecule has 166 valence electrons. The molecule has 6 heteroatoms. The molecule has 0 saturated heterocycles. The summed E-state index contributed by atoms with van der Waals surface area (Å²) in [5.41, 5.74) is 10.4. The summed E-state index contributed by atoms with van der Waals surface area (Å²) in [4.78, 5) is 13.9. The van der Waals surface area contributed by atoms with Crippen LogP contribution in [-0.4, -0.2) is 40.1 Å². The summed E-state index contributed by atoms with van der Waals surface area (Å²) in [6.07, 6.45) is 3.52. The van der Waals surface area contributed by atoms with Crippen molar-refractivity contribution in [1.82, 2.24) is 10.6 Å². The highest BCUT2D eigenvalue weighted by Crippen LogP contribution is 2.24. The van der Waals surface area contributed by atoms with E-state index in [2.05, 4.69) is 76.7 Å². The van der Waals surface area contributed by atoms with E-state index in [-0.39, 0.29) is 5.91 Å². The molecule has 4 N–H and O–H groups in total. The van der Waals surface area contributed by atoms with Gasteiger partial charge in [0.15, 0.2) is 0 Å². The molecule has 31 heavy (non-hydrogen) atoms. The average Bonchev–Trinajstić information content (AvgIpc) is 2.76. The van der Waals surface area contributed by atoms with Crippen LogP contribution in [0.1, 0.15) is 31.2 Å². The standard InChI is InChI=1S/C25H35N5O/c1-27-18-19-8-9-20-16-21-10-11-22(29(2)3)17-24(21)30(23(20)15-19)14-6-4-5-7-25(31)28-13-12-26/h8-11,15-17,27H,4-7,12-14,18,26H2,1-3H3/p+1. The van der Waals surface area contributed by atoms with Gasteiger partial charge in [-0.25, -0.2) is 0 Å². The second kappa shape index (κ2) is 11.1. The lowest BCUT2D eigenvalue weighted by Gasteiger charge is -2.14. The fourth-order valence-electron chi connectivity index (χ4n) is 4.00. The molecule has 0 aliphatic carbocycles. The Labute approximate surface area is 185 Å². The molecular formula is C25H36N5O+. The van der Waals surface area contributed by atoms with Gasteiger partial charge in [0, 0.05) is 75.2 Å². The average molecular weight is 423 g/mol. The summed E-state index contributed by atoms with van der Waals surface area (Å²) in [5.74, 6) is 0.0982. The normalized spacial score (nSPS) is 11.2. The maximum atomic E-state index is 11.8. The van der Waals surface area contributed by atoms with Crippen molar-refractivity contribution in [1.29, 1.82) is 0 Å². The number of nitrogens with two attached hydrogens (primary N) is 1. The SMILES string of the molecule is CNCc1ccc2cc3ccc(N(C)C)cc3[n+](CCCCCC(=O)NCCN)c2c1. The van der Waals surface area contributed by atoms with Gasteiger partial charge in [-0.2, -0.15) is 4.57 Å². The van der Waals surface area contributed by atoms with Gasteiger partial charge in [-0.1, -0.05) is 6.07 Å². The number of aromatic nitrogens is 1. The van der Waals surface area contributed by atoms with Gasteiger partial charge in [0.1, 0.15) is 6.54 Å². The lowest BCUT2D eigenvalue weighted by molar-refractivity contribution is -0.645. The van der Waals surface area contributed by atoms with Crippen LogP contribution in [0.4, 0.5) is 5.69 Å². The Balaban J connectivity index is 1.86. The summed E-state index contributed by atoms with van der Waals surface area (Å²) in [7, 11) is 6.13. The van der Waals surface area contributed by atoms with Crippen molar-refractivity contribution in [2.75, 3.05) is 39.1 Å². The number of fused-ring (bicyclic) bond motifs is 2. The summed E-state index contributed by atoms with van der Waals surface area (Å²) >= 11 is 0. The highest BCUT2D eigenvalue weighted by Gasteiger charge is 2.17. The van der Waals surface area contributed by atoms with Crippen molar-refractivity contribution < 1.29 is 9.36 Å². The predicted molar refractivity (Wildman–Crippen MR) is 129 cm³/mol. The van der Waals surface area contributed by atoms with E-state index >= 15 is 0 Å². The van der Waals surface area contributed by atoms with Gasteiger partial charge in [-0.05, 0) is 49.7 Å². The van der Waals surface area contributed by atoms with Crippen molar-refractivity contribution in [3.05, 3.63) is 48.0 Å². The molecule has 0 spiro atoms. The number of aryl methyl sites for hydroxylation is 1. The van der Waals surface area contributed by atoms with Crippen molar-refractivity contribution >= 4 is 33.4 Å². The van der Waals surface area contributed by atoms with Gasteiger partial charge in [-0.3, -0.25) is 4.79 Å². The molecule has 1 heterocycles. The molecule has 0 aliphatic rings. The Hall–Kier alpha value is -2.70. The second-order valence-corrected chi connectivity index (χ2v) is 8.31. The number of benzene rings is 2. The molecule has 0 aliphatic heterocycles. The first-order chi connectivity index (χ1) is 15.0. The second-order valence-electron chi connectivity index (χ2n) is 8.31. The van der Waals surface area contributed by atoms with Crippen LogP contribution in [0.5, 0.6) is 0 Å². The van der Waals surface area contributed by atoms with E-state index in [1.807, 2.05) is 7.05 Å². The number of pyridine rings is 1. The molecule has 2 aromatic carbocycles. The van der Waals surface area contributed by atoms with Crippen LogP contribution in [0.25, 0.3) is 21.8 Å². The number of rotatable bonds is 11. The first-order valence-corrected chi connectivity index (χ1v) is 11.2. The maximum absolute atomic E-state index is 11.8. The van der Waals surface area contributed by atoms with Gasteiger partial charge in [0.25, 0.3) is 0 Å². The minimum absolute atomic E-state index is 0.0982. The number of nitrogens with one attached hydrogen (secondary N) is 2. The van der Waals surface area contributed by atoms with E-state index in [1.165, 1.54) is 33.1 Å². The fraction of sp³-hybridized carbons (Fsp3) is 0.440. The number of hydrogen-bond acceptors (Lipinski definition) is 4. The third-order valence-electron chi connectivity index (χ3n) is 5.65. The summed E-state index contributed by atoms with van der Waals surface area (Å²) in [6, 6.07) is 15.7. The molecule has 3 aromatic rings. The van der Waals surface area contributed by atoms with Crippen LogP contribution < -0.4 is 25.8 Å². The highest BCUT2D eigenvalue weighted by molar-refractivity contribution is 5.90. The Morgan fingerprint density at radius 1 is 1.00 bits per heavy atom. The van der Waals surface area contributed by atoms with Crippen molar-refractivity contribution in [3.63, 3.8) is 0 Å². The van der Waals surface area contributed by atoms with E-state index in [4.69, 9.17) is 5.73 Å². The zero-order valence-electron chi connectivity index (χ0n) is 19.1. The molecule has 1 amide bonds. The molecule has 0 fully saturated rings. The van der Waals surface area contributed by atoms with Crippen LogP contribution >= 0.6 is 0 Å². The van der Waals surface area contributed by atoms with Gasteiger partial charge >= 0.3 is 0 Å². The predicted octanol–water partition coefficient (Wildman–Crippen LogP) is 2.70. The van der Waals surface area contributed by atoms with E-state index in [0.29, 0.717) is 19.5 Å². The summed E-state index contributed by atoms with van der Waals surface area (Å²) in [5, 5.41) is 8.60. The van der Waals surface area contributed by atoms with Crippen molar-refractivity contribution in [3.8, 4) is 0 Å². The fourth-order valence-corrected chi connectivity index (χ4v) is 4.00. The van der Waals surface area contributed by atoms with E-state index in [0.717, 1.165) is 32.4 Å². The van der Waals surface area contributed by atoms with E-state index < -0.39 is 0 Å². The van der Waals surface area contributed by atoms with Crippen molar-refractivity contribution in [2.24, 2.45) is 5.73 Å². The zero-order valence-corrected chi connectivity index (χ0v) is 19.1. The Morgan fingerprint density at radius 3 is 2.45 bits per heavy atom. The third-order valence-corrected chi connectivity index (χ3v) is 5.65. The first-order valence-electron chi connectivity index (χ1n) is 11.2. The Morgan fingerprint density at radius 2 is 1.74 bits per heavy atom. The van der Waals surface area contributed by atoms with Gasteiger partial charge in [0.2, 0.25) is 16.9 Å².